The molecule has 2 aromatic rings. The van der Waals surface area contributed by atoms with Crippen molar-refractivity contribution in [2.75, 3.05) is 6.61 Å². The van der Waals surface area contributed by atoms with Gasteiger partial charge in [0.05, 0.1) is 30.1 Å². The van der Waals surface area contributed by atoms with Crippen LogP contribution in [-0.2, 0) is 23.0 Å². The van der Waals surface area contributed by atoms with E-state index in [1.54, 1.807) is 6.26 Å². The number of halogens is 6. The summed E-state index contributed by atoms with van der Waals surface area (Å²) in [5.74, 6) is -13.4. The molecule has 1 aliphatic carbocycles. The fourth-order valence-corrected chi connectivity index (χ4v) is 4.99. The van der Waals surface area contributed by atoms with E-state index < -0.39 is 51.5 Å². The normalized spacial score (nSPS) is 19.7. The minimum atomic E-state index is -4.96. The summed E-state index contributed by atoms with van der Waals surface area (Å²) in [4.78, 5) is 0. The molecule has 0 bridgehead atoms. The van der Waals surface area contributed by atoms with E-state index in [2.05, 4.69) is 6.92 Å². The Labute approximate surface area is 207 Å². The zero-order valence-corrected chi connectivity index (χ0v) is 20.4. The molecule has 4 rings (SSSR count). The summed E-state index contributed by atoms with van der Waals surface area (Å²) in [5, 5.41) is 0. The second-order valence-electron chi connectivity index (χ2n) is 9.41. The molecule has 0 N–H and O–H groups in total. The molecule has 0 fully saturated rings. The van der Waals surface area contributed by atoms with E-state index in [9.17, 15) is 4.39 Å². The zero-order valence-electron chi connectivity index (χ0n) is 20.4. The van der Waals surface area contributed by atoms with Crippen molar-refractivity contribution in [1.29, 1.82) is 0 Å². The van der Waals surface area contributed by atoms with Crippen molar-refractivity contribution in [2.24, 2.45) is 0 Å². The van der Waals surface area contributed by atoms with E-state index in [4.69, 9.17) is 9.47 Å². The molecule has 1 aliphatic heterocycles. The highest BCUT2D eigenvalue weighted by Crippen LogP contribution is 2.60. The molecule has 0 spiro atoms. The third-order valence-corrected chi connectivity index (χ3v) is 7.00. The third kappa shape index (κ3) is 4.59. The molecule has 0 aromatic heterocycles. The Morgan fingerprint density at radius 3 is 2.17 bits per heavy atom. The maximum absolute atomic E-state index is 15.4. The smallest absolute Gasteiger partial charge is 0.343 e. The second kappa shape index (κ2) is 10.4. The van der Waals surface area contributed by atoms with Crippen LogP contribution in [0.25, 0.3) is 11.1 Å². The number of allylic oxidation sites excluding steroid dienone is 1. The van der Waals surface area contributed by atoms with Gasteiger partial charge in [-0.1, -0.05) is 31.9 Å². The second-order valence-corrected chi connectivity index (χ2v) is 9.41. The molecule has 1 heterocycles. The van der Waals surface area contributed by atoms with Crippen LogP contribution in [0.5, 0.6) is 5.75 Å². The lowest BCUT2D eigenvalue weighted by molar-refractivity contribution is -0.228. The molecular formula is C28H30F6O2. The Kier molecular flexibility index (Phi) is 7.62. The number of benzene rings is 2. The molecule has 1 unspecified atom stereocenters. The van der Waals surface area contributed by atoms with E-state index in [0.717, 1.165) is 56.2 Å². The number of hydrogen-bond donors (Lipinski definition) is 0. The summed E-state index contributed by atoms with van der Waals surface area (Å²) >= 11 is 0. The number of alkyl halides is 4. The average molecular weight is 513 g/mol. The predicted octanol–water partition coefficient (Wildman–Crippen LogP) is 8.80. The van der Waals surface area contributed by atoms with Crippen molar-refractivity contribution < 1.29 is 35.8 Å². The first-order valence-corrected chi connectivity index (χ1v) is 12.5. The van der Waals surface area contributed by atoms with Crippen LogP contribution in [0.1, 0.15) is 75.5 Å². The van der Waals surface area contributed by atoms with Crippen LogP contribution >= 0.6 is 0 Å². The molecule has 2 aromatic carbocycles. The molecule has 0 amide bonds. The van der Waals surface area contributed by atoms with Crippen molar-refractivity contribution >= 4 is 0 Å². The molecule has 0 radical (unpaired) electrons. The van der Waals surface area contributed by atoms with Crippen LogP contribution in [-0.4, -0.2) is 12.7 Å². The van der Waals surface area contributed by atoms with Gasteiger partial charge in [-0.3, -0.25) is 0 Å². The lowest BCUT2D eigenvalue weighted by Gasteiger charge is -2.35. The van der Waals surface area contributed by atoms with Gasteiger partial charge in [0, 0.05) is 0 Å². The first-order valence-electron chi connectivity index (χ1n) is 12.5. The number of aryl methyl sites for hydroxylation is 1. The van der Waals surface area contributed by atoms with Crippen LogP contribution in [0.2, 0.25) is 0 Å². The fourth-order valence-electron chi connectivity index (χ4n) is 4.99. The van der Waals surface area contributed by atoms with Crippen LogP contribution in [0.3, 0.4) is 0 Å². The van der Waals surface area contributed by atoms with E-state index in [1.807, 2.05) is 0 Å². The maximum Gasteiger partial charge on any atom is 0.343 e. The van der Waals surface area contributed by atoms with Gasteiger partial charge in [0.25, 0.3) is 0 Å². The van der Waals surface area contributed by atoms with Gasteiger partial charge >= 0.3 is 11.8 Å². The molecule has 196 valence electrons. The van der Waals surface area contributed by atoms with E-state index in [-0.39, 0.29) is 24.7 Å². The molecule has 2 nitrogen and oxygen atoms in total. The van der Waals surface area contributed by atoms with Crippen molar-refractivity contribution in [1.82, 2.24) is 0 Å². The van der Waals surface area contributed by atoms with Gasteiger partial charge < -0.3 is 9.47 Å². The van der Waals surface area contributed by atoms with Gasteiger partial charge in [0.1, 0.15) is 5.82 Å². The van der Waals surface area contributed by atoms with Crippen molar-refractivity contribution in [3.63, 3.8) is 0 Å². The molecule has 36 heavy (non-hydrogen) atoms. The minimum absolute atomic E-state index is 0.0345. The highest BCUT2D eigenvalue weighted by Gasteiger charge is 2.65. The molecule has 0 saturated carbocycles. The number of rotatable bonds is 9. The Bertz CT molecular complexity index is 1140. The monoisotopic (exact) mass is 512 g/mol. The first kappa shape index (κ1) is 26.4. The van der Waals surface area contributed by atoms with Gasteiger partial charge in [-0.05, 0) is 79.8 Å². The lowest BCUT2D eigenvalue weighted by Crippen LogP contribution is -2.41. The molecule has 1 atom stereocenters. The van der Waals surface area contributed by atoms with Gasteiger partial charge in [0.15, 0.2) is 11.6 Å². The minimum Gasteiger partial charge on any atom is -0.498 e. The highest BCUT2D eigenvalue weighted by atomic mass is 19.3. The topological polar surface area (TPSA) is 18.5 Å². The quantitative estimate of drug-likeness (QED) is 0.247. The summed E-state index contributed by atoms with van der Waals surface area (Å²) in [6.07, 6.45) is 8.13. The van der Waals surface area contributed by atoms with E-state index in [1.165, 1.54) is 19.1 Å². The van der Waals surface area contributed by atoms with Gasteiger partial charge in [0.2, 0.25) is 0 Å². The Balaban J connectivity index is 1.61. The zero-order chi connectivity index (χ0) is 26.1. The number of fused-ring (bicyclic) bond motifs is 3. The van der Waals surface area contributed by atoms with Crippen LogP contribution in [0, 0.1) is 11.6 Å². The maximum atomic E-state index is 15.4. The number of ether oxygens (including phenoxy) is 2. The SMILES string of the molecule is CCCCCC1CCC(CCc2ccc3c(c2F)C(F)(F)C(F)(F)c2c-3ccc(OCC)c2F)=CO1. The van der Waals surface area contributed by atoms with Crippen molar-refractivity contribution in [2.45, 2.75) is 83.2 Å². The largest absolute Gasteiger partial charge is 0.498 e. The van der Waals surface area contributed by atoms with E-state index in [0.29, 0.717) is 6.42 Å². The summed E-state index contributed by atoms with van der Waals surface area (Å²) in [6.45, 7) is 3.61. The number of hydrogen-bond acceptors (Lipinski definition) is 2. The van der Waals surface area contributed by atoms with Gasteiger partial charge in [-0.2, -0.15) is 17.6 Å². The third-order valence-electron chi connectivity index (χ3n) is 7.00. The summed E-state index contributed by atoms with van der Waals surface area (Å²) < 4.78 is 101. The number of unbranched alkanes of at least 4 members (excludes halogenated alkanes) is 2. The molecule has 2 aliphatic rings. The fraction of sp³-hybridized carbons (Fsp3) is 0.500. The Morgan fingerprint density at radius 2 is 1.56 bits per heavy atom. The summed E-state index contributed by atoms with van der Waals surface area (Å²) in [5.41, 5.74) is -2.96. The highest BCUT2D eigenvalue weighted by molar-refractivity contribution is 5.77. The Hall–Kier alpha value is -2.64. The van der Waals surface area contributed by atoms with Crippen molar-refractivity contribution in [3.05, 3.63) is 64.4 Å². The lowest BCUT2D eigenvalue weighted by atomic mass is 9.78. The van der Waals surface area contributed by atoms with E-state index >= 15 is 22.0 Å². The summed E-state index contributed by atoms with van der Waals surface area (Å²) in [6, 6.07) is 4.65. The first-order chi connectivity index (χ1) is 17.1. The molecule has 0 saturated heterocycles. The standard InChI is InChI=1S/C28H30F6O2/c1-3-5-6-7-19-12-9-17(16-36-19)8-10-18-11-13-20-21-14-15-22(35-4-2)26(30)24(21)28(33,34)27(31,32)23(20)25(18)29/h11,13-16,19H,3-10,12H2,1-2H3. The van der Waals surface area contributed by atoms with Gasteiger partial charge in [-0.25, -0.2) is 8.78 Å². The van der Waals surface area contributed by atoms with Crippen LogP contribution in [0.4, 0.5) is 26.3 Å². The summed E-state index contributed by atoms with van der Waals surface area (Å²) in [7, 11) is 0. The predicted molar refractivity (Wildman–Crippen MR) is 125 cm³/mol. The van der Waals surface area contributed by atoms with Crippen molar-refractivity contribution in [3.8, 4) is 16.9 Å². The molecule has 8 heteroatoms. The van der Waals surface area contributed by atoms with Crippen LogP contribution in [0.15, 0.2) is 36.1 Å². The van der Waals surface area contributed by atoms with Gasteiger partial charge in [-0.15, -0.1) is 0 Å². The Morgan fingerprint density at radius 1 is 0.889 bits per heavy atom. The molecular weight excluding hydrogens is 482 g/mol. The average Bonchev–Trinajstić information content (AvgIpc) is 2.84. The van der Waals surface area contributed by atoms with Crippen LogP contribution < -0.4 is 4.74 Å².